The summed E-state index contributed by atoms with van der Waals surface area (Å²) < 4.78 is 28.8. The Kier molecular flexibility index (Phi) is 5.85. The molecule has 0 aromatic rings. The molecule has 1 rings (SSSR count). The van der Waals surface area contributed by atoms with Crippen LogP contribution >= 0.6 is 0 Å². The second kappa shape index (κ2) is 6.68. The highest BCUT2D eigenvalue weighted by Gasteiger charge is 2.24. The third-order valence-corrected chi connectivity index (χ3v) is 4.22. The molecule has 1 saturated carbocycles. The Hall–Kier alpha value is -0.170. The van der Waals surface area contributed by atoms with Crippen LogP contribution in [0.3, 0.4) is 0 Å². The van der Waals surface area contributed by atoms with Crippen molar-refractivity contribution in [2.45, 2.75) is 58.0 Å². The van der Waals surface area contributed by atoms with E-state index in [2.05, 4.69) is 9.44 Å². The summed E-state index contributed by atoms with van der Waals surface area (Å²) in [6.07, 6.45) is 5.02. The molecule has 0 heterocycles. The topological polar surface area (TPSA) is 84.2 Å². The summed E-state index contributed by atoms with van der Waals surface area (Å²) in [5, 5.41) is 0. The summed E-state index contributed by atoms with van der Waals surface area (Å²) in [5.74, 6) is 0.300. The smallest absolute Gasteiger partial charge is 0.277 e. The van der Waals surface area contributed by atoms with Crippen LogP contribution in [0.4, 0.5) is 0 Å². The van der Waals surface area contributed by atoms with Gasteiger partial charge in [0.25, 0.3) is 10.2 Å². The first-order valence-corrected chi connectivity index (χ1v) is 7.91. The molecule has 4 N–H and O–H groups in total. The van der Waals surface area contributed by atoms with Gasteiger partial charge in [0, 0.05) is 18.6 Å². The molecule has 1 aliphatic carbocycles. The fourth-order valence-electron chi connectivity index (χ4n) is 2.00. The summed E-state index contributed by atoms with van der Waals surface area (Å²) in [5.41, 5.74) is 5.99. The first-order valence-electron chi connectivity index (χ1n) is 6.43. The Balaban J connectivity index is 2.50. The van der Waals surface area contributed by atoms with Gasteiger partial charge in [0.1, 0.15) is 0 Å². The molecule has 0 amide bonds. The number of nitrogens with two attached hydrogens (primary N) is 1. The van der Waals surface area contributed by atoms with E-state index in [9.17, 15) is 8.42 Å². The van der Waals surface area contributed by atoms with E-state index in [1.807, 2.05) is 13.8 Å². The minimum atomic E-state index is -3.41. The zero-order valence-corrected chi connectivity index (χ0v) is 11.6. The predicted molar refractivity (Wildman–Crippen MR) is 69.7 cm³/mol. The molecule has 1 fully saturated rings. The van der Waals surface area contributed by atoms with Gasteiger partial charge in [-0.1, -0.05) is 33.1 Å². The van der Waals surface area contributed by atoms with Crippen LogP contribution in [0, 0.1) is 5.92 Å². The molecule has 2 atom stereocenters. The molecule has 2 unspecified atom stereocenters. The quantitative estimate of drug-likeness (QED) is 0.639. The van der Waals surface area contributed by atoms with Crippen LogP contribution in [0.25, 0.3) is 0 Å². The van der Waals surface area contributed by atoms with E-state index < -0.39 is 10.2 Å². The van der Waals surface area contributed by atoms with Crippen LogP contribution in [0.15, 0.2) is 0 Å². The first-order chi connectivity index (χ1) is 7.91. The van der Waals surface area contributed by atoms with Crippen LogP contribution in [0.1, 0.15) is 46.0 Å². The van der Waals surface area contributed by atoms with Gasteiger partial charge in [-0.05, 0) is 18.8 Å². The summed E-state index contributed by atoms with van der Waals surface area (Å²) in [7, 11) is -3.41. The van der Waals surface area contributed by atoms with Crippen molar-refractivity contribution in [1.29, 1.82) is 0 Å². The number of nitrogens with one attached hydrogen (secondary N) is 2. The van der Waals surface area contributed by atoms with Crippen molar-refractivity contribution in [3.8, 4) is 0 Å². The van der Waals surface area contributed by atoms with E-state index >= 15 is 0 Å². The van der Waals surface area contributed by atoms with Gasteiger partial charge in [-0.3, -0.25) is 0 Å². The second-order valence-corrected chi connectivity index (χ2v) is 6.80. The Morgan fingerprint density at radius 1 is 1.24 bits per heavy atom. The van der Waals surface area contributed by atoms with E-state index in [1.165, 1.54) is 0 Å². The Bertz CT molecular complexity index is 317. The molecule has 6 heteroatoms. The van der Waals surface area contributed by atoms with Crippen molar-refractivity contribution in [2.24, 2.45) is 11.7 Å². The van der Waals surface area contributed by atoms with Gasteiger partial charge < -0.3 is 5.73 Å². The molecule has 0 radical (unpaired) electrons. The van der Waals surface area contributed by atoms with Crippen molar-refractivity contribution >= 4 is 10.2 Å². The highest BCUT2D eigenvalue weighted by Crippen LogP contribution is 2.17. The molecule has 0 aliphatic heterocycles. The van der Waals surface area contributed by atoms with Crippen molar-refractivity contribution in [2.75, 3.05) is 6.54 Å². The molecule has 0 aromatic heterocycles. The standard InChI is InChI=1S/C11H25N3O2S/c1-9(2)8-13-17(15,16)14-11-7-5-3-4-6-10(11)12/h9-11,13-14H,3-8,12H2,1-2H3. The zero-order chi connectivity index (χ0) is 12.9. The Labute approximate surface area is 105 Å². The third kappa shape index (κ3) is 5.81. The van der Waals surface area contributed by atoms with Gasteiger partial charge in [-0.15, -0.1) is 0 Å². The van der Waals surface area contributed by atoms with Gasteiger partial charge in [0.05, 0.1) is 0 Å². The average molecular weight is 263 g/mol. The number of hydrogen-bond donors (Lipinski definition) is 3. The molecule has 0 spiro atoms. The van der Waals surface area contributed by atoms with E-state index in [0.29, 0.717) is 12.5 Å². The largest absolute Gasteiger partial charge is 0.326 e. The SMILES string of the molecule is CC(C)CNS(=O)(=O)NC1CCCCCC1N. The van der Waals surface area contributed by atoms with Gasteiger partial charge >= 0.3 is 0 Å². The van der Waals surface area contributed by atoms with Gasteiger partial charge in [0.15, 0.2) is 0 Å². The lowest BCUT2D eigenvalue weighted by molar-refractivity contribution is 0.450. The summed E-state index contributed by atoms with van der Waals surface area (Å²) >= 11 is 0. The molecule has 17 heavy (non-hydrogen) atoms. The molecule has 102 valence electrons. The van der Waals surface area contributed by atoms with E-state index in [-0.39, 0.29) is 12.1 Å². The summed E-state index contributed by atoms with van der Waals surface area (Å²) in [6.45, 7) is 4.40. The molecule has 5 nitrogen and oxygen atoms in total. The van der Waals surface area contributed by atoms with E-state index in [1.54, 1.807) is 0 Å². The van der Waals surface area contributed by atoms with E-state index in [4.69, 9.17) is 5.73 Å². The number of hydrogen-bond acceptors (Lipinski definition) is 3. The van der Waals surface area contributed by atoms with Crippen molar-refractivity contribution in [1.82, 2.24) is 9.44 Å². The maximum Gasteiger partial charge on any atom is 0.277 e. The van der Waals surface area contributed by atoms with Crippen LogP contribution < -0.4 is 15.2 Å². The molecular weight excluding hydrogens is 238 g/mol. The first kappa shape index (κ1) is 14.9. The molecular formula is C11H25N3O2S. The average Bonchev–Trinajstić information content (AvgIpc) is 2.42. The van der Waals surface area contributed by atoms with Crippen molar-refractivity contribution in [3.63, 3.8) is 0 Å². The normalized spacial score (nSPS) is 27.1. The third-order valence-electron chi connectivity index (χ3n) is 3.06. The number of rotatable bonds is 5. The molecule has 0 aromatic carbocycles. The minimum Gasteiger partial charge on any atom is -0.326 e. The molecule has 1 aliphatic rings. The van der Waals surface area contributed by atoms with E-state index in [0.717, 1.165) is 32.1 Å². The van der Waals surface area contributed by atoms with Crippen molar-refractivity contribution in [3.05, 3.63) is 0 Å². The summed E-state index contributed by atoms with van der Waals surface area (Å²) in [6, 6.07) is -0.185. The lowest BCUT2D eigenvalue weighted by Gasteiger charge is -2.22. The zero-order valence-electron chi connectivity index (χ0n) is 10.8. The molecule has 0 bridgehead atoms. The van der Waals surface area contributed by atoms with Crippen LogP contribution in [0.2, 0.25) is 0 Å². The van der Waals surface area contributed by atoms with Crippen LogP contribution in [-0.2, 0) is 10.2 Å². The Morgan fingerprint density at radius 3 is 2.53 bits per heavy atom. The maximum absolute atomic E-state index is 11.8. The van der Waals surface area contributed by atoms with Crippen LogP contribution in [-0.4, -0.2) is 27.0 Å². The summed E-state index contributed by atoms with van der Waals surface area (Å²) in [4.78, 5) is 0. The van der Waals surface area contributed by atoms with Gasteiger partial charge in [-0.2, -0.15) is 13.1 Å². The maximum atomic E-state index is 11.8. The highest BCUT2D eigenvalue weighted by molar-refractivity contribution is 7.87. The van der Waals surface area contributed by atoms with Crippen molar-refractivity contribution < 1.29 is 8.42 Å². The van der Waals surface area contributed by atoms with Gasteiger partial charge in [-0.25, -0.2) is 4.72 Å². The predicted octanol–water partition coefficient (Wildman–Crippen LogP) is 0.726. The second-order valence-electron chi connectivity index (χ2n) is 5.27. The fraction of sp³-hybridized carbons (Fsp3) is 1.00. The van der Waals surface area contributed by atoms with Gasteiger partial charge in [0.2, 0.25) is 0 Å². The monoisotopic (exact) mass is 263 g/mol. The lowest BCUT2D eigenvalue weighted by atomic mass is 10.1. The highest BCUT2D eigenvalue weighted by atomic mass is 32.2. The fourth-order valence-corrected chi connectivity index (χ4v) is 3.33. The Morgan fingerprint density at radius 2 is 1.88 bits per heavy atom. The minimum absolute atomic E-state index is 0.0619. The van der Waals surface area contributed by atoms with Crippen LogP contribution in [0.5, 0.6) is 0 Å². The lowest BCUT2D eigenvalue weighted by Crippen LogP contribution is -2.51. The molecule has 0 saturated heterocycles.